The van der Waals surface area contributed by atoms with Gasteiger partial charge in [-0.25, -0.2) is 9.59 Å². The fourth-order valence-electron chi connectivity index (χ4n) is 3.99. The second-order valence-electron chi connectivity index (χ2n) is 10.4. The van der Waals surface area contributed by atoms with Gasteiger partial charge >= 0.3 is 12.1 Å². The van der Waals surface area contributed by atoms with E-state index in [0.29, 0.717) is 0 Å². The van der Waals surface area contributed by atoms with E-state index in [0.717, 1.165) is 16.7 Å². The van der Waals surface area contributed by atoms with Crippen molar-refractivity contribution in [3.05, 3.63) is 108 Å². The van der Waals surface area contributed by atoms with E-state index in [1.54, 1.807) is 54.6 Å². The number of nitrogens with one attached hydrogen (secondary N) is 5. The van der Waals surface area contributed by atoms with E-state index in [2.05, 4.69) is 26.6 Å². The van der Waals surface area contributed by atoms with Crippen LogP contribution in [0.4, 0.5) is 4.79 Å². The summed E-state index contributed by atoms with van der Waals surface area (Å²) in [5.41, 5.74) is 2.34. The molecule has 3 aromatic rings. The summed E-state index contributed by atoms with van der Waals surface area (Å²) in [6.07, 6.45) is -1.64. The molecule has 0 aliphatic heterocycles. The Bertz CT molecular complexity index is 1490. The topological polar surface area (TPSA) is 190 Å². The Kier molecular flexibility index (Phi) is 15.6. The molecule has 0 unspecified atom stereocenters. The summed E-state index contributed by atoms with van der Waals surface area (Å²) in [6.45, 7) is -0.0372. The summed E-state index contributed by atoms with van der Waals surface area (Å²) < 4.78 is 15.5. The Hall–Kier alpha value is -5.76. The Labute approximate surface area is 277 Å². The van der Waals surface area contributed by atoms with Crippen LogP contribution in [-0.2, 0) is 57.8 Å². The number of carbonyl (C=O) groups is 6. The molecule has 254 valence electrons. The van der Waals surface area contributed by atoms with Crippen LogP contribution in [-0.4, -0.2) is 74.2 Å². The Morgan fingerprint density at radius 2 is 1.08 bits per heavy atom. The minimum atomic E-state index is -1.08. The largest absolute Gasteiger partial charge is 0.459 e. The van der Waals surface area contributed by atoms with E-state index < -0.39 is 67.5 Å². The van der Waals surface area contributed by atoms with E-state index in [4.69, 9.17) is 14.2 Å². The molecule has 14 heteroatoms. The molecule has 0 saturated carbocycles. The number of ether oxygens (including phenoxy) is 3. The molecule has 3 rings (SSSR count). The van der Waals surface area contributed by atoms with Gasteiger partial charge in [-0.05, 0) is 23.6 Å². The van der Waals surface area contributed by atoms with Crippen LogP contribution in [0.15, 0.2) is 91.0 Å². The molecule has 0 spiro atoms. The van der Waals surface area contributed by atoms with Gasteiger partial charge in [0.2, 0.25) is 23.6 Å². The molecule has 0 radical (unpaired) electrons. The molecule has 0 saturated heterocycles. The number of alkyl carbamates (subject to hydrolysis) is 1. The van der Waals surface area contributed by atoms with Gasteiger partial charge in [-0.1, -0.05) is 91.0 Å². The lowest BCUT2D eigenvalue weighted by molar-refractivity contribution is -0.158. The van der Waals surface area contributed by atoms with Crippen LogP contribution < -0.4 is 26.6 Å². The van der Waals surface area contributed by atoms with E-state index in [1.165, 1.54) is 6.92 Å². The first-order valence-electron chi connectivity index (χ1n) is 15.1. The Balaban J connectivity index is 1.38. The lowest BCUT2D eigenvalue weighted by atomic mass is 10.1. The molecule has 48 heavy (non-hydrogen) atoms. The molecule has 0 heterocycles. The minimum Gasteiger partial charge on any atom is -0.459 e. The Morgan fingerprint density at radius 3 is 1.69 bits per heavy atom. The van der Waals surface area contributed by atoms with Crippen molar-refractivity contribution in [2.45, 2.75) is 38.7 Å². The molecule has 2 atom stereocenters. The van der Waals surface area contributed by atoms with Gasteiger partial charge in [-0.2, -0.15) is 0 Å². The molecule has 0 fully saturated rings. The lowest BCUT2D eigenvalue weighted by Gasteiger charge is -2.19. The third kappa shape index (κ3) is 14.6. The molecule has 3 aromatic carbocycles. The predicted molar refractivity (Wildman–Crippen MR) is 173 cm³/mol. The van der Waals surface area contributed by atoms with Crippen molar-refractivity contribution in [1.82, 2.24) is 26.6 Å². The summed E-state index contributed by atoms with van der Waals surface area (Å²) in [7, 11) is 0. The van der Waals surface area contributed by atoms with E-state index in [1.807, 2.05) is 36.4 Å². The highest BCUT2D eigenvalue weighted by Crippen LogP contribution is 2.05. The zero-order valence-electron chi connectivity index (χ0n) is 26.4. The monoisotopic (exact) mass is 661 g/mol. The second-order valence-corrected chi connectivity index (χ2v) is 10.4. The highest BCUT2D eigenvalue weighted by Gasteiger charge is 2.22. The average Bonchev–Trinajstić information content (AvgIpc) is 3.11. The van der Waals surface area contributed by atoms with Crippen LogP contribution in [0.2, 0.25) is 0 Å². The van der Waals surface area contributed by atoms with Crippen molar-refractivity contribution in [3.63, 3.8) is 0 Å². The smallest absolute Gasteiger partial charge is 0.407 e. The van der Waals surface area contributed by atoms with Crippen LogP contribution in [0.25, 0.3) is 0 Å². The molecule has 0 aliphatic rings. The maximum absolute atomic E-state index is 13.0. The predicted octanol–water partition coefficient (Wildman–Crippen LogP) is 1.09. The fourth-order valence-corrected chi connectivity index (χ4v) is 3.99. The number of hydrogen-bond donors (Lipinski definition) is 5. The van der Waals surface area contributed by atoms with Gasteiger partial charge in [0.05, 0.1) is 13.1 Å². The first-order chi connectivity index (χ1) is 23.2. The SMILES string of the molecule is C[C@H](OCNC(=O)CNC(=O)[C@H](Cc1ccccc1)NC(=O)CNC(=O)CNC(=O)OCc1ccccc1)C(=O)OCc1ccccc1. The first-order valence-corrected chi connectivity index (χ1v) is 15.1. The summed E-state index contributed by atoms with van der Waals surface area (Å²) in [6, 6.07) is 25.9. The van der Waals surface area contributed by atoms with Crippen LogP contribution in [0.1, 0.15) is 23.6 Å². The van der Waals surface area contributed by atoms with Crippen molar-refractivity contribution in [3.8, 4) is 0 Å². The molecule has 0 aliphatic carbocycles. The summed E-state index contributed by atoms with van der Waals surface area (Å²) in [5, 5.41) is 12.1. The maximum atomic E-state index is 13.0. The van der Waals surface area contributed by atoms with E-state index >= 15 is 0 Å². The minimum absolute atomic E-state index is 0.0300. The van der Waals surface area contributed by atoms with Gasteiger partial charge in [0.25, 0.3) is 0 Å². The normalized spacial score (nSPS) is 11.6. The third-order valence-corrected chi connectivity index (χ3v) is 6.57. The summed E-state index contributed by atoms with van der Waals surface area (Å²) >= 11 is 0. The summed E-state index contributed by atoms with van der Waals surface area (Å²) in [4.78, 5) is 74.1. The number of carbonyl (C=O) groups excluding carboxylic acids is 6. The van der Waals surface area contributed by atoms with E-state index in [9.17, 15) is 28.8 Å². The molecule has 5 N–H and O–H groups in total. The quantitative estimate of drug-likeness (QED) is 0.0982. The molecular weight excluding hydrogens is 622 g/mol. The van der Waals surface area contributed by atoms with Gasteiger partial charge in [0.15, 0.2) is 6.10 Å². The van der Waals surface area contributed by atoms with Crippen molar-refractivity contribution in [2.24, 2.45) is 0 Å². The van der Waals surface area contributed by atoms with Crippen LogP contribution >= 0.6 is 0 Å². The zero-order valence-corrected chi connectivity index (χ0v) is 26.4. The van der Waals surface area contributed by atoms with Crippen LogP contribution in [0, 0.1) is 0 Å². The van der Waals surface area contributed by atoms with Gasteiger partial charge < -0.3 is 40.8 Å². The van der Waals surface area contributed by atoms with Gasteiger partial charge in [0, 0.05) is 6.42 Å². The highest BCUT2D eigenvalue weighted by molar-refractivity contribution is 5.92. The first kappa shape index (κ1) is 36.7. The van der Waals surface area contributed by atoms with Gasteiger partial charge in [-0.15, -0.1) is 0 Å². The zero-order chi connectivity index (χ0) is 34.6. The van der Waals surface area contributed by atoms with Crippen molar-refractivity contribution in [1.29, 1.82) is 0 Å². The van der Waals surface area contributed by atoms with Crippen LogP contribution in [0.5, 0.6) is 0 Å². The van der Waals surface area contributed by atoms with Gasteiger partial charge in [-0.3, -0.25) is 19.2 Å². The lowest BCUT2D eigenvalue weighted by Crippen LogP contribution is -2.52. The van der Waals surface area contributed by atoms with E-state index in [-0.39, 0.29) is 26.4 Å². The molecular formula is C34H39N5O9. The highest BCUT2D eigenvalue weighted by atomic mass is 16.6. The van der Waals surface area contributed by atoms with Gasteiger partial charge in [0.1, 0.15) is 32.5 Å². The van der Waals surface area contributed by atoms with Crippen molar-refractivity contribution >= 4 is 35.7 Å². The average molecular weight is 662 g/mol. The number of amides is 5. The Morgan fingerprint density at radius 1 is 0.583 bits per heavy atom. The van der Waals surface area contributed by atoms with Crippen LogP contribution in [0.3, 0.4) is 0 Å². The third-order valence-electron chi connectivity index (χ3n) is 6.57. The molecule has 0 aromatic heterocycles. The summed E-state index contributed by atoms with van der Waals surface area (Å²) in [5.74, 6) is -3.16. The number of esters is 1. The standard InChI is InChI=1S/C34H39N5O9/c1-24(33(44)46-21-26-13-7-3-8-14-26)48-23-38-30(41)18-36-32(43)28(17-25-11-5-2-6-12-25)39-31(42)20-35-29(40)19-37-34(45)47-22-27-15-9-4-10-16-27/h2-16,24,28H,17-23H2,1H3,(H,35,40)(H,36,43)(H,37,45)(H,38,41)(H,39,42)/t24-,28-/m0/s1. The van der Waals surface area contributed by atoms with Crippen molar-refractivity contribution < 1.29 is 43.0 Å². The maximum Gasteiger partial charge on any atom is 0.407 e. The number of rotatable bonds is 18. The fraction of sp³-hybridized carbons (Fsp3) is 0.294. The molecule has 0 bridgehead atoms. The number of benzene rings is 3. The number of hydrogen-bond acceptors (Lipinski definition) is 9. The molecule has 5 amide bonds. The molecule has 14 nitrogen and oxygen atoms in total. The van der Waals surface area contributed by atoms with Crippen molar-refractivity contribution in [2.75, 3.05) is 26.4 Å². The second kappa shape index (κ2) is 20.4.